The predicted molar refractivity (Wildman–Crippen MR) is 128 cm³/mol. The van der Waals surface area contributed by atoms with Crippen molar-refractivity contribution in [1.29, 1.82) is 0 Å². The van der Waals surface area contributed by atoms with Gasteiger partial charge in [-0.25, -0.2) is 4.79 Å². The fourth-order valence-electron chi connectivity index (χ4n) is 5.35. The molecule has 1 aliphatic heterocycles. The second-order valence-corrected chi connectivity index (χ2v) is 9.29. The van der Waals surface area contributed by atoms with Crippen molar-refractivity contribution in [2.24, 2.45) is 11.8 Å². The smallest absolute Gasteiger partial charge is 0.407 e. The lowest BCUT2D eigenvalue weighted by Gasteiger charge is -2.30. The maximum absolute atomic E-state index is 13.1. The SMILES string of the molecule is CCC1C(C(=O)O)CCN1C(=O)C(C)C(C)NC(=O)OCC1c2ccccc2-c2ccccc21. The molecule has 4 atom stereocenters. The number of rotatable bonds is 7. The van der Waals surface area contributed by atoms with Gasteiger partial charge in [0, 0.05) is 24.5 Å². The number of likely N-dealkylation sites (tertiary alicyclic amines) is 1. The molecule has 0 radical (unpaired) electrons. The summed E-state index contributed by atoms with van der Waals surface area (Å²) >= 11 is 0. The number of fused-ring (bicyclic) bond motifs is 3. The highest BCUT2D eigenvalue weighted by atomic mass is 16.5. The van der Waals surface area contributed by atoms with Crippen LogP contribution < -0.4 is 5.32 Å². The zero-order valence-corrected chi connectivity index (χ0v) is 19.9. The van der Waals surface area contributed by atoms with Crippen molar-refractivity contribution < 1.29 is 24.2 Å². The third kappa shape index (κ3) is 4.39. The Balaban J connectivity index is 1.35. The number of carboxylic acid groups (broad SMARTS) is 1. The molecule has 0 saturated carbocycles. The van der Waals surface area contributed by atoms with Crippen LogP contribution in [0, 0.1) is 11.8 Å². The zero-order valence-electron chi connectivity index (χ0n) is 19.9. The van der Waals surface area contributed by atoms with Crippen LogP contribution in [0.2, 0.25) is 0 Å². The molecule has 1 fully saturated rings. The van der Waals surface area contributed by atoms with Crippen LogP contribution in [0.4, 0.5) is 4.79 Å². The second-order valence-electron chi connectivity index (χ2n) is 9.29. The standard InChI is InChI=1S/C27H32N2O5/c1-4-24-22(26(31)32)13-14-29(24)25(30)16(2)17(3)28-27(33)34-15-23-20-11-7-5-9-18(20)19-10-6-8-12-21(19)23/h5-12,16-17,22-24H,4,13-15H2,1-3H3,(H,28,33)(H,31,32). The Hall–Kier alpha value is -3.35. The number of carbonyl (C=O) groups is 3. The van der Waals surface area contributed by atoms with Crippen LogP contribution in [-0.4, -0.2) is 53.2 Å². The predicted octanol–water partition coefficient (Wildman–Crippen LogP) is 4.26. The summed E-state index contributed by atoms with van der Waals surface area (Å²) in [6, 6.07) is 15.5. The van der Waals surface area contributed by atoms with Crippen molar-refractivity contribution >= 4 is 18.0 Å². The van der Waals surface area contributed by atoms with Crippen molar-refractivity contribution in [3.05, 3.63) is 59.7 Å². The summed E-state index contributed by atoms with van der Waals surface area (Å²) < 4.78 is 5.60. The van der Waals surface area contributed by atoms with Crippen molar-refractivity contribution in [2.75, 3.05) is 13.2 Å². The lowest BCUT2D eigenvalue weighted by atomic mass is 9.97. The molecule has 2 amide bonds. The summed E-state index contributed by atoms with van der Waals surface area (Å²) in [6.07, 6.45) is 0.482. The van der Waals surface area contributed by atoms with E-state index in [0.717, 1.165) is 22.3 Å². The number of aliphatic carboxylic acids is 1. The van der Waals surface area contributed by atoms with Crippen molar-refractivity contribution in [2.45, 2.75) is 51.6 Å². The highest BCUT2D eigenvalue weighted by Crippen LogP contribution is 2.44. The van der Waals surface area contributed by atoms with Crippen LogP contribution in [0.25, 0.3) is 11.1 Å². The van der Waals surface area contributed by atoms with E-state index in [1.165, 1.54) is 0 Å². The molecule has 2 aliphatic rings. The highest BCUT2D eigenvalue weighted by molar-refractivity contribution is 5.82. The maximum Gasteiger partial charge on any atom is 0.407 e. The Bertz CT molecular complexity index is 1040. The lowest BCUT2D eigenvalue weighted by molar-refractivity contribution is -0.144. The Morgan fingerprint density at radius 2 is 1.65 bits per heavy atom. The fraction of sp³-hybridized carbons (Fsp3) is 0.444. The largest absolute Gasteiger partial charge is 0.481 e. The number of hydrogen-bond donors (Lipinski definition) is 2. The summed E-state index contributed by atoms with van der Waals surface area (Å²) in [6.45, 7) is 6.07. The average molecular weight is 465 g/mol. The molecule has 4 unspecified atom stereocenters. The van der Waals surface area contributed by atoms with Gasteiger partial charge in [-0.15, -0.1) is 0 Å². The molecular formula is C27H32N2O5. The third-order valence-electron chi connectivity index (χ3n) is 7.39. The van der Waals surface area contributed by atoms with Crippen molar-refractivity contribution in [3.63, 3.8) is 0 Å². The highest BCUT2D eigenvalue weighted by Gasteiger charge is 2.42. The number of amides is 2. The summed E-state index contributed by atoms with van der Waals surface area (Å²) in [5.74, 6) is -2.06. The van der Waals surface area contributed by atoms with Crippen LogP contribution in [0.1, 0.15) is 50.7 Å². The molecule has 4 rings (SSSR count). The number of carboxylic acids is 1. The van der Waals surface area contributed by atoms with E-state index < -0.39 is 29.9 Å². The third-order valence-corrected chi connectivity index (χ3v) is 7.39. The molecule has 7 nitrogen and oxygen atoms in total. The van der Waals surface area contributed by atoms with E-state index in [1.807, 2.05) is 31.2 Å². The first-order valence-electron chi connectivity index (χ1n) is 12.0. The normalized spacial score (nSPS) is 20.9. The van der Waals surface area contributed by atoms with E-state index in [4.69, 9.17) is 4.74 Å². The van der Waals surface area contributed by atoms with E-state index in [1.54, 1.807) is 18.7 Å². The number of carbonyl (C=O) groups excluding carboxylic acids is 2. The van der Waals surface area contributed by atoms with Crippen LogP contribution in [-0.2, 0) is 14.3 Å². The van der Waals surface area contributed by atoms with E-state index in [2.05, 4.69) is 29.6 Å². The number of nitrogens with one attached hydrogen (secondary N) is 1. The molecule has 0 spiro atoms. The zero-order chi connectivity index (χ0) is 24.4. The van der Waals surface area contributed by atoms with Gasteiger partial charge in [0.25, 0.3) is 0 Å². The first-order chi connectivity index (χ1) is 16.3. The first-order valence-corrected chi connectivity index (χ1v) is 12.0. The molecule has 1 aliphatic carbocycles. The molecule has 1 saturated heterocycles. The molecule has 0 bridgehead atoms. The maximum atomic E-state index is 13.1. The first kappa shape index (κ1) is 23.8. The molecule has 0 aromatic heterocycles. The van der Waals surface area contributed by atoms with Crippen LogP contribution in [0.15, 0.2) is 48.5 Å². The number of hydrogen-bond acceptors (Lipinski definition) is 4. The summed E-state index contributed by atoms with van der Waals surface area (Å²) in [7, 11) is 0. The number of alkyl carbamates (subject to hydrolysis) is 1. The fourth-order valence-corrected chi connectivity index (χ4v) is 5.35. The molecule has 2 aromatic carbocycles. The Labute approximate surface area is 200 Å². The minimum Gasteiger partial charge on any atom is -0.481 e. The molecule has 1 heterocycles. The van der Waals surface area contributed by atoms with Crippen molar-refractivity contribution in [3.8, 4) is 11.1 Å². The minimum atomic E-state index is -0.861. The molecule has 34 heavy (non-hydrogen) atoms. The topological polar surface area (TPSA) is 95.9 Å². The molecule has 7 heteroatoms. The van der Waals surface area contributed by atoms with Gasteiger partial charge >= 0.3 is 12.1 Å². The summed E-state index contributed by atoms with van der Waals surface area (Å²) in [5.41, 5.74) is 4.60. The lowest BCUT2D eigenvalue weighted by Crippen LogP contribution is -2.48. The molecule has 2 N–H and O–H groups in total. The Kier molecular flexibility index (Phi) is 6.91. The van der Waals surface area contributed by atoms with Gasteiger partial charge < -0.3 is 20.1 Å². The van der Waals surface area contributed by atoms with Crippen LogP contribution in [0.5, 0.6) is 0 Å². The Morgan fingerprint density at radius 3 is 2.21 bits per heavy atom. The minimum absolute atomic E-state index is 0.0321. The Morgan fingerprint density at radius 1 is 1.06 bits per heavy atom. The van der Waals surface area contributed by atoms with Gasteiger partial charge in [0.2, 0.25) is 5.91 Å². The summed E-state index contributed by atoms with van der Waals surface area (Å²) in [4.78, 5) is 38.9. The van der Waals surface area contributed by atoms with Gasteiger partial charge in [-0.2, -0.15) is 0 Å². The number of ether oxygens (including phenoxy) is 1. The van der Waals surface area contributed by atoms with Crippen LogP contribution >= 0.6 is 0 Å². The van der Waals surface area contributed by atoms with E-state index in [9.17, 15) is 19.5 Å². The van der Waals surface area contributed by atoms with Gasteiger partial charge in [0.15, 0.2) is 0 Å². The van der Waals surface area contributed by atoms with Crippen LogP contribution in [0.3, 0.4) is 0 Å². The summed E-state index contributed by atoms with van der Waals surface area (Å²) in [5, 5.41) is 12.2. The van der Waals surface area contributed by atoms with E-state index >= 15 is 0 Å². The number of nitrogens with zero attached hydrogens (tertiary/aromatic N) is 1. The average Bonchev–Trinajstić information content (AvgIpc) is 3.41. The molecular weight excluding hydrogens is 432 g/mol. The van der Waals surface area contributed by atoms with Gasteiger partial charge in [-0.3, -0.25) is 9.59 Å². The number of benzene rings is 2. The van der Waals surface area contributed by atoms with Gasteiger partial charge in [-0.05, 0) is 42.0 Å². The molecule has 2 aromatic rings. The van der Waals surface area contributed by atoms with Gasteiger partial charge in [0.1, 0.15) is 6.61 Å². The van der Waals surface area contributed by atoms with Crippen molar-refractivity contribution in [1.82, 2.24) is 10.2 Å². The van der Waals surface area contributed by atoms with E-state index in [-0.39, 0.29) is 24.5 Å². The van der Waals surface area contributed by atoms with Gasteiger partial charge in [0.05, 0.1) is 11.8 Å². The second kappa shape index (κ2) is 9.87. The monoisotopic (exact) mass is 464 g/mol. The van der Waals surface area contributed by atoms with Gasteiger partial charge in [-0.1, -0.05) is 62.4 Å². The van der Waals surface area contributed by atoms with E-state index in [0.29, 0.717) is 19.4 Å². The quantitative estimate of drug-likeness (QED) is 0.638. The molecule has 180 valence electrons.